The maximum Gasteiger partial charge on any atom is 0.332 e. The average Bonchev–Trinajstić information content (AvgIpc) is 1.79. The Kier molecular flexibility index (Phi) is 3.86. The van der Waals surface area contributed by atoms with Crippen molar-refractivity contribution in [3.8, 4) is 0 Å². The third-order valence-electron chi connectivity index (χ3n) is 0.950. The molecule has 0 heterocycles. The van der Waals surface area contributed by atoms with Crippen molar-refractivity contribution < 1.29 is 33.9 Å². The number of alkyl halides is 3. The van der Waals surface area contributed by atoms with Gasteiger partial charge in [-0.05, 0) is 0 Å². The Bertz CT molecular complexity index is 387. The number of hydrogen-bond acceptors (Lipinski definition) is 4. The highest BCUT2D eigenvalue weighted by Gasteiger charge is 2.39. The average molecular weight is 258 g/mol. The molecule has 5 nitrogen and oxygen atoms in total. The van der Waals surface area contributed by atoms with Gasteiger partial charge < -0.3 is 4.13 Å². The van der Waals surface area contributed by atoms with Gasteiger partial charge in [-0.15, -0.1) is 3.89 Å². The van der Waals surface area contributed by atoms with Crippen LogP contribution in [0.3, 0.4) is 0 Å². The molecule has 0 unspecified atom stereocenters. The Morgan fingerprint density at radius 3 is 1.86 bits per heavy atom. The predicted octanol–water partition coefficient (Wildman–Crippen LogP) is 0.857. The minimum Gasteiger partial charge on any atom is -0.403 e. The molecule has 11 heteroatoms. The van der Waals surface area contributed by atoms with Gasteiger partial charge in [-0.3, -0.25) is 4.39 Å². The van der Waals surface area contributed by atoms with Crippen LogP contribution in [0.4, 0.5) is 17.1 Å². The van der Waals surface area contributed by atoms with Gasteiger partial charge in [-0.1, -0.05) is 0 Å². The van der Waals surface area contributed by atoms with E-state index in [4.69, 9.17) is 0 Å². The highest BCUT2D eigenvalue weighted by molar-refractivity contribution is 8.10. The van der Waals surface area contributed by atoms with Crippen LogP contribution in [0.2, 0.25) is 0 Å². The summed E-state index contributed by atoms with van der Waals surface area (Å²) < 4.78 is 89.2. The minimum atomic E-state index is -5.95. The fourth-order valence-electron chi connectivity index (χ4n) is 0.411. The second-order valence-corrected chi connectivity index (χ2v) is 5.01. The largest absolute Gasteiger partial charge is 0.403 e. The number of halogens is 4. The van der Waals surface area contributed by atoms with E-state index >= 15 is 0 Å². The van der Waals surface area contributed by atoms with Crippen LogP contribution in [0.15, 0.2) is 0 Å². The molecule has 0 bridgehead atoms. The van der Waals surface area contributed by atoms with Gasteiger partial charge in [0.1, 0.15) is 0 Å². The molecule has 14 heavy (non-hydrogen) atoms. The predicted molar refractivity (Wildman–Crippen MR) is 37.8 cm³/mol. The number of nitrogens with zero attached hydrogens (tertiary/aromatic N) is 1. The van der Waals surface area contributed by atoms with Gasteiger partial charge in [0, 0.05) is 0 Å². The van der Waals surface area contributed by atoms with Crippen LogP contribution in [0, 0.1) is 0 Å². The van der Waals surface area contributed by atoms with Crippen molar-refractivity contribution >= 4 is 20.4 Å². The summed E-state index contributed by atoms with van der Waals surface area (Å²) in [6.07, 6.45) is -1.78. The molecule has 0 aromatic heterocycles. The van der Waals surface area contributed by atoms with Gasteiger partial charge in [0.05, 0.1) is 13.1 Å². The summed E-state index contributed by atoms with van der Waals surface area (Å²) in [5.74, 6) is 0. The van der Waals surface area contributed by atoms with E-state index in [0.717, 1.165) is 0 Å². The van der Waals surface area contributed by atoms with Crippen molar-refractivity contribution in [2.24, 2.45) is 0 Å². The van der Waals surface area contributed by atoms with Crippen LogP contribution < -0.4 is 0 Å². The van der Waals surface area contributed by atoms with E-state index in [1.165, 1.54) is 4.13 Å². The Morgan fingerprint density at radius 2 is 1.57 bits per heavy atom. The number of sulfonamides is 1. The van der Waals surface area contributed by atoms with Gasteiger partial charge in [0.2, 0.25) is 10.4 Å². The Hall–Kier alpha value is -0.420. The molecule has 0 aromatic carbocycles. The van der Waals surface area contributed by atoms with Crippen LogP contribution in [-0.4, -0.2) is 28.8 Å². The molecular formula is C3H4F4NO4S2-. The van der Waals surface area contributed by atoms with Gasteiger partial charge in [-0.2, -0.15) is 8.78 Å². The lowest BCUT2D eigenvalue weighted by atomic mass is 10.5. The summed E-state index contributed by atoms with van der Waals surface area (Å²) >= 11 is 0. The first-order chi connectivity index (χ1) is 6.02. The summed E-state index contributed by atoms with van der Waals surface area (Å²) in [6.45, 7) is -1.71. The van der Waals surface area contributed by atoms with Gasteiger partial charge in [0.25, 0.3) is 0 Å². The summed E-state index contributed by atoms with van der Waals surface area (Å²) in [5, 5.41) is -4.74. The zero-order chi connectivity index (χ0) is 11.6. The van der Waals surface area contributed by atoms with E-state index in [1.807, 2.05) is 0 Å². The first kappa shape index (κ1) is 13.6. The van der Waals surface area contributed by atoms with E-state index < -0.39 is 38.8 Å². The van der Waals surface area contributed by atoms with Crippen LogP contribution in [0.1, 0.15) is 6.42 Å². The molecule has 0 aromatic rings. The molecule has 0 fully saturated rings. The molecule has 86 valence electrons. The molecule has 0 amide bonds. The molecule has 0 saturated heterocycles. The van der Waals surface area contributed by atoms with E-state index in [0.29, 0.717) is 0 Å². The standard InChI is InChI=1S/C3H4F4NO4S2/c4-2-1-3(5,6)13(9,10)8-14(7,11)12/h1-2H2/q-1. The number of hydrogen-bond donors (Lipinski definition) is 0. The summed E-state index contributed by atoms with van der Waals surface area (Å²) in [6, 6.07) is 0. The van der Waals surface area contributed by atoms with Crippen molar-refractivity contribution in [3.63, 3.8) is 0 Å². The Labute approximate surface area is 77.5 Å². The second kappa shape index (κ2) is 3.98. The fraction of sp³-hybridized carbons (Fsp3) is 1.00. The lowest BCUT2D eigenvalue weighted by Gasteiger charge is -2.22. The molecule has 0 saturated carbocycles. The van der Waals surface area contributed by atoms with Gasteiger partial charge in [0.15, 0.2) is 10.0 Å². The van der Waals surface area contributed by atoms with Crippen LogP contribution in [0.25, 0.3) is 4.13 Å². The van der Waals surface area contributed by atoms with E-state index in [-0.39, 0.29) is 0 Å². The molecule has 0 aliphatic rings. The summed E-state index contributed by atoms with van der Waals surface area (Å²) in [4.78, 5) is 0. The third kappa shape index (κ3) is 3.75. The van der Waals surface area contributed by atoms with Crippen molar-refractivity contribution in [2.75, 3.05) is 6.67 Å². The molecular weight excluding hydrogens is 254 g/mol. The van der Waals surface area contributed by atoms with Crippen LogP contribution in [-0.2, 0) is 20.4 Å². The maximum atomic E-state index is 12.4. The molecule has 0 rings (SSSR count). The topological polar surface area (TPSA) is 82.4 Å². The van der Waals surface area contributed by atoms with Crippen molar-refractivity contribution in [3.05, 3.63) is 4.13 Å². The van der Waals surface area contributed by atoms with E-state index in [1.54, 1.807) is 0 Å². The highest BCUT2D eigenvalue weighted by Crippen LogP contribution is 2.32. The first-order valence-electron chi connectivity index (χ1n) is 2.89. The maximum absolute atomic E-state index is 12.4. The molecule has 0 atom stereocenters. The van der Waals surface area contributed by atoms with Gasteiger partial charge in [-0.25, -0.2) is 16.8 Å². The Morgan fingerprint density at radius 1 is 1.14 bits per heavy atom. The summed E-state index contributed by atoms with van der Waals surface area (Å²) in [5.41, 5.74) is 0. The van der Waals surface area contributed by atoms with Crippen LogP contribution >= 0.6 is 0 Å². The smallest absolute Gasteiger partial charge is 0.332 e. The zero-order valence-corrected chi connectivity index (χ0v) is 7.96. The van der Waals surface area contributed by atoms with Crippen molar-refractivity contribution in [1.29, 1.82) is 0 Å². The molecule has 0 radical (unpaired) electrons. The number of rotatable bonds is 5. The zero-order valence-electron chi connectivity index (χ0n) is 6.32. The van der Waals surface area contributed by atoms with Crippen LogP contribution in [0.5, 0.6) is 0 Å². The minimum absolute atomic E-state index is 1.29. The normalized spacial score (nSPS) is 14.3. The lowest BCUT2D eigenvalue weighted by Crippen LogP contribution is -2.29. The fourth-order valence-corrected chi connectivity index (χ4v) is 2.12. The van der Waals surface area contributed by atoms with E-state index in [2.05, 4.69) is 0 Å². The van der Waals surface area contributed by atoms with Crippen molar-refractivity contribution in [2.45, 2.75) is 11.7 Å². The molecule has 0 aliphatic heterocycles. The monoisotopic (exact) mass is 258 g/mol. The van der Waals surface area contributed by atoms with E-state index in [9.17, 15) is 33.9 Å². The van der Waals surface area contributed by atoms with Gasteiger partial charge >= 0.3 is 5.25 Å². The summed E-state index contributed by atoms with van der Waals surface area (Å²) in [7, 11) is -11.8. The SMILES string of the molecule is O=S(=O)(F)[N-]S(=O)(=O)C(F)(F)CCF. The molecule has 0 spiro atoms. The quantitative estimate of drug-likeness (QED) is 0.540. The molecule has 0 aliphatic carbocycles. The lowest BCUT2D eigenvalue weighted by molar-refractivity contribution is 0.0753. The highest BCUT2D eigenvalue weighted by atomic mass is 32.3. The first-order valence-corrected chi connectivity index (χ1v) is 5.67. The second-order valence-electron chi connectivity index (χ2n) is 2.04. The Balaban J connectivity index is 4.98. The van der Waals surface area contributed by atoms with Crippen molar-refractivity contribution in [1.82, 2.24) is 0 Å². The molecule has 0 N–H and O–H groups in total. The third-order valence-corrected chi connectivity index (χ3v) is 3.41.